The summed E-state index contributed by atoms with van der Waals surface area (Å²) < 4.78 is 5.65. The molecule has 2 N–H and O–H groups in total. The highest BCUT2D eigenvalue weighted by molar-refractivity contribution is 6.04. The number of nitrogens with one attached hydrogen (secondary N) is 2. The van der Waals surface area contributed by atoms with E-state index < -0.39 is 6.04 Å². The van der Waals surface area contributed by atoms with Crippen LogP contribution in [0, 0.1) is 0 Å². The number of H-pyrrole nitrogens is 1. The lowest BCUT2D eigenvalue weighted by molar-refractivity contribution is -0.127. The second-order valence-corrected chi connectivity index (χ2v) is 9.50. The summed E-state index contributed by atoms with van der Waals surface area (Å²) in [7, 11) is 1.57. The third kappa shape index (κ3) is 5.35. The van der Waals surface area contributed by atoms with E-state index in [0.717, 1.165) is 42.1 Å². The molecule has 0 aliphatic heterocycles. The lowest BCUT2D eigenvalue weighted by atomic mass is 9.94. The Morgan fingerprint density at radius 1 is 1.05 bits per heavy atom. The molecule has 7 heteroatoms. The van der Waals surface area contributed by atoms with E-state index in [9.17, 15) is 9.59 Å². The molecule has 0 radical (unpaired) electrons. The van der Waals surface area contributed by atoms with Crippen molar-refractivity contribution in [3.8, 4) is 5.75 Å². The van der Waals surface area contributed by atoms with Gasteiger partial charge in [0.1, 0.15) is 11.8 Å². The highest BCUT2D eigenvalue weighted by atomic mass is 16.5. The number of anilines is 1. The number of rotatable bonds is 8. The third-order valence-electron chi connectivity index (χ3n) is 7.09. The first-order valence-corrected chi connectivity index (χ1v) is 12.9. The van der Waals surface area contributed by atoms with Crippen LogP contribution in [-0.4, -0.2) is 34.9 Å². The van der Waals surface area contributed by atoms with Crippen LogP contribution in [0.1, 0.15) is 49.3 Å². The molecule has 0 saturated heterocycles. The van der Waals surface area contributed by atoms with Gasteiger partial charge in [-0.15, -0.1) is 0 Å². The molecular formula is C30H32N4O3. The van der Waals surface area contributed by atoms with Crippen molar-refractivity contribution in [3.05, 3.63) is 90.4 Å². The number of hydrogen-bond donors (Lipinski definition) is 2. The molecule has 190 valence electrons. The van der Waals surface area contributed by atoms with E-state index >= 15 is 0 Å². The summed E-state index contributed by atoms with van der Waals surface area (Å²) in [6.07, 6.45) is 10.6. The number of para-hydroxylation sites is 3. The van der Waals surface area contributed by atoms with Crippen LogP contribution in [0.5, 0.6) is 5.75 Å². The Morgan fingerprint density at radius 3 is 2.62 bits per heavy atom. The van der Waals surface area contributed by atoms with Crippen LogP contribution < -0.4 is 15.0 Å². The number of pyridine rings is 1. The molecular weight excluding hydrogens is 464 g/mol. The van der Waals surface area contributed by atoms with Crippen molar-refractivity contribution in [1.82, 2.24) is 15.3 Å². The number of methoxy groups -OCH3 is 1. The van der Waals surface area contributed by atoms with Gasteiger partial charge in [-0.05, 0) is 42.7 Å². The van der Waals surface area contributed by atoms with Gasteiger partial charge in [0.05, 0.1) is 19.2 Å². The number of amides is 2. The third-order valence-corrected chi connectivity index (χ3v) is 7.09. The zero-order chi connectivity index (χ0) is 25.6. The van der Waals surface area contributed by atoms with E-state index in [-0.39, 0.29) is 24.3 Å². The molecule has 2 heterocycles. The van der Waals surface area contributed by atoms with Gasteiger partial charge in [-0.2, -0.15) is 0 Å². The van der Waals surface area contributed by atoms with E-state index in [2.05, 4.69) is 15.3 Å². The lowest BCUT2D eigenvalue weighted by Gasteiger charge is -2.34. The molecule has 2 amide bonds. The second kappa shape index (κ2) is 11.3. The standard InChI is InChI=1S/C30H32N4O3/c1-37-27-16-8-7-15-26(27)34(28(35)18-22-20-32-25-14-6-5-13-24(22)25)29(21-10-9-17-31-19-21)30(36)33-23-11-3-2-4-12-23/h5-10,13-17,19-20,23,29,32H,2-4,11-12,18H2,1H3,(H,33,36)/t29-/m0/s1. The lowest BCUT2D eigenvalue weighted by Crippen LogP contribution is -2.47. The first-order valence-electron chi connectivity index (χ1n) is 12.9. The predicted molar refractivity (Wildman–Crippen MR) is 144 cm³/mol. The van der Waals surface area contributed by atoms with Crippen molar-refractivity contribution in [1.29, 1.82) is 0 Å². The van der Waals surface area contributed by atoms with Crippen molar-refractivity contribution >= 4 is 28.4 Å². The number of carbonyl (C=O) groups is 2. The Kier molecular flexibility index (Phi) is 7.49. The van der Waals surface area contributed by atoms with Gasteiger partial charge in [0.25, 0.3) is 0 Å². The van der Waals surface area contributed by atoms with Crippen molar-refractivity contribution < 1.29 is 14.3 Å². The van der Waals surface area contributed by atoms with E-state index in [1.54, 1.807) is 36.5 Å². The Hall–Kier alpha value is -4.13. The summed E-state index contributed by atoms with van der Waals surface area (Å²) in [6, 6.07) is 18.1. The predicted octanol–water partition coefficient (Wildman–Crippen LogP) is 5.34. The smallest absolute Gasteiger partial charge is 0.248 e. The number of aromatic amines is 1. The van der Waals surface area contributed by atoms with Crippen LogP contribution in [0.25, 0.3) is 10.9 Å². The Bertz CT molecular complexity index is 1360. The SMILES string of the molecule is COc1ccccc1N(C(=O)Cc1c[nH]c2ccccc12)[C@H](C(=O)NC1CCCCC1)c1cccnc1. The maximum Gasteiger partial charge on any atom is 0.248 e. The molecule has 5 rings (SSSR count). The van der Waals surface area contributed by atoms with Crippen LogP contribution in [0.2, 0.25) is 0 Å². The van der Waals surface area contributed by atoms with Gasteiger partial charge < -0.3 is 15.0 Å². The first kappa shape index (κ1) is 24.6. The minimum absolute atomic E-state index is 0.101. The number of carbonyl (C=O) groups excluding carboxylic acids is 2. The van der Waals surface area contributed by atoms with Gasteiger partial charge in [0.2, 0.25) is 11.8 Å². The van der Waals surface area contributed by atoms with Gasteiger partial charge in [-0.1, -0.05) is 55.7 Å². The maximum absolute atomic E-state index is 14.2. The van der Waals surface area contributed by atoms with Gasteiger partial charge in [-0.25, -0.2) is 0 Å². The minimum Gasteiger partial charge on any atom is -0.495 e. The summed E-state index contributed by atoms with van der Waals surface area (Å²) in [5.74, 6) is 0.106. The van der Waals surface area contributed by atoms with E-state index in [0.29, 0.717) is 17.0 Å². The van der Waals surface area contributed by atoms with E-state index in [1.807, 2.05) is 54.7 Å². The molecule has 1 aliphatic carbocycles. The summed E-state index contributed by atoms with van der Waals surface area (Å²) >= 11 is 0. The molecule has 0 unspecified atom stereocenters. The number of hydrogen-bond acceptors (Lipinski definition) is 4. The average Bonchev–Trinajstić information content (AvgIpc) is 3.35. The van der Waals surface area contributed by atoms with Gasteiger partial charge in [0, 0.05) is 41.1 Å². The molecule has 2 aromatic heterocycles. The first-order chi connectivity index (χ1) is 18.2. The van der Waals surface area contributed by atoms with Crippen LogP contribution in [0.3, 0.4) is 0 Å². The number of aromatic nitrogens is 2. The zero-order valence-electron chi connectivity index (χ0n) is 21.0. The van der Waals surface area contributed by atoms with Crippen LogP contribution in [0.15, 0.2) is 79.3 Å². The molecule has 1 aliphatic rings. The zero-order valence-corrected chi connectivity index (χ0v) is 21.0. The molecule has 4 aromatic rings. The maximum atomic E-state index is 14.2. The largest absolute Gasteiger partial charge is 0.495 e. The van der Waals surface area contributed by atoms with Gasteiger partial charge in [-0.3, -0.25) is 19.5 Å². The molecule has 1 fully saturated rings. The average molecular weight is 497 g/mol. The van der Waals surface area contributed by atoms with Crippen LogP contribution >= 0.6 is 0 Å². The summed E-state index contributed by atoms with van der Waals surface area (Å²) in [4.78, 5) is 37.3. The Morgan fingerprint density at radius 2 is 1.84 bits per heavy atom. The van der Waals surface area contributed by atoms with Crippen molar-refractivity contribution in [2.45, 2.75) is 50.6 Å². The fourth-order valence-corrected chi connectivity index (χ4v) is 5.25. The fraction of sp³-hybridized carbons (Fsp3) is 0.300. The molecule has 0 bridgehead atoms. The summed E-state index contributed by atoms with van der Waals surface area (Å²) in [6.45, 7) is 0. The topological polar surface area (TPSA) is 87.3 Å². The van der Waals surface area contributed by atoms with Gasteiger partial charge in [0.15, 0.2) is 0 Å². The summed E-state index contributed by atoms with van der Waals surface area (Å²) in [5.41, 5.74) is 3.03. The van der Waals surface area contributed by atoms with Gasteiger partial charge >= 0.3 is 0 Å². The molecule has 0 spiro atoms. The van der Waals surface area contributed by atoms with Crippen molar-refractivity contribution in [2.24, 2.45) is 0 Å². The second-order valence-electron chi connectivity index (χ2n) is 9.50. The van der Waals surface area contributed by atoms with E-state index in [4.69, 9.17) is 4.74 Å². The molecule has 2 aromatic carbocycles. The quantitative estimate of drug-likeness (QED) is 0.345. The highest BCUT2D eigenvalue weighted by Crippen LogP contribution is 2.36. The number of nitrogens with zero attached hydrogens (tertiary/aromatic N) is 2. The van der Waals surface area contributed by atoms with Crippen LogP contribution in [0.4, 0.5) is 5.69 Å². The molecule has 1 atom stereocenters. The molecule has 7 nitrogen and oxygen atoms in total. The Balaban J connectivity index is 1.57. The van der Waals surface area contributed by atoms with Crippen LogP contribution in [-0.2, 0) is 16.0 Å². The number of benzene rings is 2. The molecule has 1 saturated carbocycles. The monoisotopic (exact) mass is 496 g/mol. The number of fused-ring (bicyclic) bond motifs is 1. The Labute approximate surface area is 216 Å². The van der Waals surface area contributed by atoms with Crippen molar-refractivity contribution in [3.63, 3.8) is 0 Å². The summed E-state index contributed by atoms with van der Waals surface area (Å²) in [5, 5.41) is 4.23. The normalized spacial score (nSPS) is 14.7. The minimum atomic E-state index is -0.898. The highest BCUT2D eigenvalue weighted by Gasteiger charge is 2.35. The van der Waals surface area contributed by atoms with Crippen molar-refractivity contribution in [2.75, 3.05) is 12.0 Å². The van der Waals surface area contributed by atoms with E-state index in [1.165, 1.54) is 6.42 Å². The molecule has 37 heavy (non-hydrogen) atoms. The number of ether oxygens (including phenoxy) is 1. The fourth-order valence-electron chi connectivity index (χ4n) is 5.25.